The van der Waals surface area contributed by atoms with Crippen LogP contribution in [0.25, 0.3) is 22.3 Å². The monoisotopic (exact) mass is 988 g/mol. The van der Waals surface area contributed by atoms with Crippen molar-refractivity contribution >= 4 is 68.2 Å². The van der Waals surface area contributed by atoms with Gasteiger partial charge < -0.3 is 19.6 Å². The van der Waals surface area contributed by atoms with Crippen LogP contribution in [0.5, 0.6) is 0 Å². The molecule has 12 aromatic carbocycles. The van der Waals surface area contributed by atoms with Crippen molar-refractivity contribution in [1.82, 2.24) is 0 Å². The van der Waals surface area contributed by atoms with Gasteiger partial charge in [0.25, 0.3) is 0 Å². The third-order valence-corrected chi connectivity index (χ3v) is 14.1. The zero-order valence-electron chi connectivity index (χ0n) is 42.7. The summed E-state index contributed by atoms with van der Waals surface area (Å²) in [6.07, 6.45) is 0.821. The highest BCUT2D eigenvalue weighted by Gasteiger charge is 2.17. The van der Waals surface area contributed by atoms with E-state index >= 15 is 0 Å². The van der Waals surface area contributed by atoms with Gasteiger partial charge in [0.2, 0.25) is 0 Å². The summed E-state index contributed by atoms with van der Waals surface area (Å²) < 4.78 is 0. The minimum absolute atomic E-state index is 0.821. The predicted octanol–water partition coefficient (Wildman–Crippen LogP) is 20.5. The molecule has 12 aromatic rings. The molecule has 0 bridgehead atoms. The first-order valence-electron chi connectivity index (χ1n) is 26.3. The van der Waals surface area contributed by atoms with Crippen molar-refractivity contribution in [3.05, 3.63) is 339 Å². The second kappa shape index (κ2) is 22.5. The van der Waals surface area contributed by atoms with Crippen LogP contribution in [0.1, 0.15) is 11.1 Å². The van der Waals surface area contributed by atoms with Crippen molar-refractivity contribution in [2.75, 3.05) is 19.6 Å². The zero-order valence-corrected chi connectivity index (χ0v) is 42.7. The molecule has 0 aliphatic carbocycles. The topological polar surface area (TPSA) is 13.0 Å². The van der Waals surface area contributed by atoms with Gasteiger partial charge in [-0.15, -0.1) is 0 Å². The molecule has 0 aliphatic rings. The van der Waals surface area contributed by atoms with E-state index in [0.29, 0.717) is 0 Å². The maximum Gasteiger partial charge on any atom is 0.0462 e. The lowest BCUT2D eigenvalue weighted by Gasteiger charge is -2.26. The molecule has 0 aliphatic heterocycles. The molecule has 4 heteroatoms. The van der Waals surface area contributed by atoms with Gasteiger partial charge in [0.1, 0.15) is 0 Å². The largest absolute Gasteiger partial charge is 0.311 e. The molecule has 0 aromatic heterocycles. The Kier molecular flexibility index (Phi) is 14.0. The first-order chi connectivity index (χ1) is 38.2. The van der Waals surface area contributed by atoms with E-state index in [9.17, 15) is 0 Å². The Morgan fingerprint density at radius 2 is 0.286 bits per heavy atom. The Morgan fingerprint density at radius 3 is 0.455 bits per heavy atom. The number of hydrogen-bond acceptors (Lipinski definition) is 4. The first kappa shape index (κ1) is 47.8. The van der Waals surface area contributed by atoms with Gasteiger partial charge in [0.05, 0.1) is 0 Å². The molecular formula is C73H56N4. The second-order valence-electron chi connectivity index (χ2n) is 19.1. The van der Waals surface area contributed by atoms with Gasteiger partial charge in [-0.25, -0.2) is 0 Å². The van der Waals surface area contributed by atoms with Gasteiger partial charge in [-0.05, 0) is 185 Å². The molecule has 12 rings (SSSR count). The average Bonchev–Trinajstić information content (AvgIpc) is 3.51. The highest BCUT2D eigenvalue weighted by molar-refractivity contribution is 5.83. The smallest absolute Gasteiger partial charge is 0.0462 e. The molecule has 0 heterocycles. The molecule has 0 saturated carbocycles. The highest BCUT2D eigenvalue weighted by atomic mass is 15.2. The van der Waals surface area contributed by atoms with Crippen molar-refractivity contribution in [2.24, 2.45) is 0 Å². The Hall–Kier alpha value is -10.2. The molecule has 0 radical (unpaired) electrons. The Labute approximate surface area is 452 Å². The van der Waals surface area contributed by atoms with E-state index in [1.165, 1.54) is 33.4 Å². The van der Waals surface area contributed by atoms with Crippen molar-refractivity contribution in [3.8, 4) is 22.3 Å². The van der Waals surface area contributed by atoms with E-state index < -0.39 is 0 Å². The van der Waals surface area contributed by atoms with Crippen LogP contribution < -0.4 is 19.6 Å². The van der Waals surface area contributed by atoms with Crippen LogP contribution in [0.15, 0.2) is 328 Å². The fourth-order valence-electron chi connectivity index (χ4n) is 10.2. The fraction of sp³-hybridized carbons (Fsp3) is 0.0137. The molecule has 0 unspecified atom stereocenters. The number of benzene rings is 12. The molecule has 0 amide bonds. The molecule has 4 nitrogen and oxygen atoms in total. The lowest BCUT2D eigenvalue weighted by Crippen LogP contribution is -2.10. The Morgan fingerprint density at radius 1 is 0.143 bits per heavy atom. The van der Waals surface area contributed by atoms with Crippen LogP contribution in [0.3, 0.4) is 0 Å². The molecule has 0 N–H and O–H groups in total. The van der Waals surface area contributed by atoms with Gasteiger partial charge in [0.15, 0.2) is 0 Å². The number of rotatable bonds is 16. The average molecular weight is 989 g/mol. The van der Waals surface area contributed by atoms with Crippen LogP contribution in [0.2, 0.25) is 0 Å². The van der Waals surface area contributed by atoms with Crippen LogP contribution in [-0.2, 0) is 6.42 Å². The molecule has 0 spiro atoms. The number of nitrogens with zero attached hydrogens (tertiary/aromatic N) is 4. The summed E-state index contributed by atoms with van der Waals surface area (Å²) in [5.74, 6) is 0. The summed E-state index contributed by atoms with van der Waals surface area (Å²) in [5.41, 5.74) is 20.5. The van der Waals surface area contributed by atoms with Crippen molar-refractivity contribution in [2.45, 2.75) is 6.42 Å². The lowest BCUT2D eigenvalue weighted by atomic mass is 10.0. The van der Waals surface area contributed by atoms with E-state index in [2.05, 4.69) is 347 Å². The lowest BCUT2D eigenvalue weighted by molar-refractivity contribution is 1.18. The SMILES string of the molecule is c1ccc(N(c2ccccc2)c2ccc(-c3ccc(N(c4ccccc4)c4ccc(Cc5ccc(N(c6ccccc6)c6ccc(-c7ccc(N(c8ccccc8)c8ccccc8)cc7)cc6)cc5)cc4)cc3)cc2)cc1. The van der Waals surface area contributed by atoms with Gasteiger partial charge >= 0.3 is 0 Å². The van der Waals surface area contributed by atoms with Gasteiger partial charge in [0, 0.05) is 68.2 Å². The van der Waals surface area contributed by atoms with Crippen LogP contribution in [0, 0.1) is 0 Å². The number of hydrogen-bond donors (Lipinski definition) is 0. The molecule has 368 valence electrons. The molecule has 0 fully saturated rings. The van der Waals surface area contributed by atoms with Crippen molar-refractivity contribution in [1.29, 1.82) is 0 Å². The third kappa shape index (κ3) is 10.8. The van der Waals surface area contributed by atoms with E-state index in [4.69, 9.17) is 0 Å². The van der Waals surface area contributed by atoms with Gasteiger partial charge in [-0.1, -0.05) is 182 Å². The summed E-state index contributed by atoms with van der Waals surface area (Å²) >= 11 is 0. The maximum absolute atomic E-state index is 2.33. The third-order valence-electron chi connectivity index (χ3n) is 14.1. The minimum atomic E-state index is 0.821. The van der Waals surface area contributed by atoms with Crippen LogP contribution in [-0.4, -0.2) is 0 Å². The highest BCUT2D eigenvalue weighted by Crippen LogP contribution is 2.41. The van der Waals surface area contributed by atoms with Crippen LogP contribution >= 0.6 is 0 Å². The first-order valence-corrected chi connectivity index (χ1v) is 26.3. The Bertz CT molecular complexity index is 3410. The maximum atomic E-state index is 2.33. The van der Waals surface area contributed by atoms with Crippen molar-refractivity contribution in [3.63, 3.8) is 0 Å². The summed E-state index contributed by atoms with van der Waals surface area (Å²) in [6.45, 7) is 0. The van der Waals surface area contributed by atoms with E-state index in [1.54, 1.807) is 0 Å². The summed E-state index contributed by atoms with van der Waals surface area (Å²) in [7, 11) is 0. The summed E-state index contributed by atoms with van der Waals surface area (Å²) in [4.78, 5) is 9.24. The van der Waals surface area contributed by atoms with Gasteiger partial charge in [-0.2, -0.15) is 0 Å². The van der Waals surface area contributed by atoms with Gasteiger partial charge in [-0.3, -0.25) is 0 Å². The molecule has 77 heavy (non-hydrogen) atoms. The number of anilines is 12. The summed E-state index contributed by atoms with van der Waals surface area (Å²) in [5, 5.41) is 0. The molecular weight excluding hydrogens is 933 g/mol. The standard InChI is InChI=1S/C73H56N4/c1-7-19-62(20-8-1)74(63-21-9-2-10-22-63)70-47-35-58(36-48-70)60-39-51-72(52-40-60)76(66-27-15-5-16-28-66)68-43-31-56(32-44-68)55-57-33-45-69(46-34-57)77(67-29-17-6-18-30-67)73-53-41-61(42-54-73)59-37-49-71(50-38-59)75(64-23-11-3-12-24-64)65-25-13-4-14-26-65/h1-54H,55H2. The van der Waals surface area contributed by atoms with Crippen molar-refractivity contribution < 1.29 is 0 Å². The van der Waals surface area contributed by atoms with E-state index in [-0.39, 0.29) is 0 Å². The fourth-order valence-corrected chi connectivity index (χ4v) is 10.2. The zero-order chi connectivity index (χ0) is 51.6. The van der Waals surface area contributed by atoms with E-state index in [1.807, 2.05) is 0 Å². The summed E-state index contributed by atoms with van der Waals surface area (Å²) in [6, 6.07) is 117. The minimum Gasteiger partial charge on any atom is -0.311 e. The predicted molar refractivity (Wildman–Crippen MR) is 325 cm³/mol. The Balaban J connectivity index is 0.747. The second-order valence-corrected chi connectivity index (χ2v) is 19.1. The van der Waals surface area contributed by atoms with E-state index in [0.717, 1.165) is 74.7 Å². The quantitative estimate of drug-likeness (QED) is 0.0956. The van der Waals surface area contributed by atoms with Crippen LogP contribution in [0.4, 0.5) is 68.2 Å². The molecule has 0 atom stereocenters. The molecule has 0 saturated heterocycles. The number of para-hydroxylation sites is 6. The normalized spacial score (nSPS) is 10.9.